The van der Waals surface area contributed by atoms with Gasteiger partial charge < -0.3 is 4.74 Å². The second kappa shape index (κ2) is 5.48. The van der Waals surface area contributed by atoms with E-state index >= 15 is 0 Å². The van der Waals surface area contributed by atoms with Gasteiger partial charge in [-0.05, 0) is 18.2 Å². The molecule has 0 atom stereocenters. The predicted molar refractivity (Wildman–Crippen MR) is 63.7 cm³/mol. The van der Waals surface area contributed by atoms with Crippen LogP contribution in [0.1, 0.15) is 17.3 Å². The molecule has 0 aliphatic heterocycles. The molecule has 7 heteroatoms. The van der Waals surface area contributed by atoms with Crippen molar-refractivity contribution in [3.05, 3.63) is 28.8 Å². The number of methoxy groups -OCH3 is 1. The third-order valence-electron chi connectivity index (χ3n) is 1.98. The highest BCUT2D eigenvalue weighted by Gasteiger charge is 2.19. The van der Waals surface area contributed by atoms with Crippen molar-refractivity contribution >= 4 is 27.6 Å². The molecule has 0 spiro atoms. The zero-order valence-electron chi connectivity index (χ0n) is 9.36. The largest absolute Gasteiger partial charge is 0.465 e. The SMILES string of the molecule is CCNS(=O)(=O)c1cc(C(=O)OC)ccc1Cl. The van der Waals surface area contributed by atoms with E-state index < -0.39 is 16.0 Å². The number of esters is 1. The lowest BCUT2D eigenvalue weighted by molar-refractivity contribution is 0.0600. The number of nitrogens with one attached hydrogen (secondary N) is 1. The van der Waals surface area contributed by atoms with Crippen LogP contribution in [-0.4, -0.2) is 28.0 Å². The van der Waals surface area contributed by atoms with Gasteiger partial charge in [-0.25, -0.2) is 17.9 Å². The first kappa shape index (κ1) is 14.0. The van der Waals surface area contributed by atoms with Crippen LogP contribution in [0.2, 0.25) is 5.02 Å². The number of ether oxygens (including phenoxy) is 1. The molecule has 0 radical (unpaired) electrons. The zero-order chi connectivity index (χ0) is 13.1. The summed E-state index contributed by atoms with van der Waals surface area (Å²) >= 11 is 5.79. The first-order chi connectivity index (χ1) is 7.92. The van der Waals surface area contributed by atoms with E-state index in [1.165, 1.54) is 25.3 Å². The van der Waals surface area contributed by atoms with Gasteiger partial charge in [0.05, 0.1) is 17.7 Å². The molecule has 0 aromatic heterocycles. The van der Waals surface area contributed by atoms with Crippen molar-refractivity contribution in [2.75, 3.05) is 13.7 Å². The maximum absolute atomic E-state index is 11.8. The summed E-state index contributed by atoms with van der Waals surface area (Å²) in [5.74, 6) is -0.616. The van der Waals surface area contributed by atoms with Gasteiger partial charge in [-0.1, -0.05) is 18.5 Å². The topological polar surface area (TPSA) is 72.5 Å². The maximum Gasteiger partial charge on any atom is 0.337 e. The number of carbonyl (C=O) groups excluding carboxylic acids is 1. The van der Waals surface area contributed by atoms with Crippen LogP contribution in [0.25, 0.3) is 0 Å². The maximum atomic E-state index is 11.8. The monoisotopic (exact) mass is 277 g/mol. The van der Waals surface area contributed by atoms with E-state index in [9.17, 15) is 13.2 Å². The van der Waals surface area contributed by atoms with Crippen LogP contribution in [-0.2, 0) is 14.8 Å². The molecule has 94 valence electrons. The Hall–Kier alpha value is -1.11. The van der Waals surface area contributed by atoms with Gasteiger partial charge in [0.15, 0.2) is 0 Å². The first-order valence-corrected chi connectivity index (χ1v) is 6.66. The van der Waals surface area contributed by atoms with Crippen molar-refractivity contribution in [3.63, 3.8) is 0 Å². The lowest BCUT2D eigenvalue weighted by Crippen LogP contribution is -2.23. The van der Waals surface area contributed by atoms with E-state index in [1.807, 2.05) is 0 Å². The smallest absolute Gasteiger partial charge is 0.337 e. The first-order valence-electron chi connectivity index (χ1n) is 4.80. The minimum Gasteiger partial charge on any atom is -0.465 e. The molecular formula is C10H12ClNO4S. The summed E-state index contributed by atoms with van der Waals surface area (Å²) in [7, 11) is -2.48. The van der Waals surface area contributed by atoms with Crippen LogP contribution in [0.5, 0.6) is 0 Å². The molecule has 0 aliphatic carbocycles. The van der Waals surface area contributed by atoms with E-state index in [-0.39, 0.29) is 22.0 Å². The average Bonchev–Trinajstić information content (AvgIpc) is 2.28. The van der Waals surface area contributed by atoms with Crippen LogP contribution in [0.15, 0.2) is 23.1 Å². The molecule has 0 saturated carbocycles. The molecule has 0 saturated heterocycles. The highest BCUT2D eigenvalue weighted by molar-refractivity contribution is 7.89. The van der Waals surface area contributed by atoms with E-state index in [2.05, 4.69) is 9.46 Å². The third kappa shape index (κ3) is 3.18. The Morgan fingerprint density at radius 2 is 2.12 bits per heavy atom. The van der Waals surface area contributed by atoms with Crippen LogP contribution < -0.4 is 4.72 Å². The minimum atomic E-state index is -3.69. The van der Waals surface area contributed by atoms with E-state index in [1.54, 1.807) is 6.92 Å². The molecular weight excluding hydrogens is 266 g/mol. The van der Waals surface area contributed by atoms with Gasteiger partial charge in [0.2, 0.25) is 10.0 Å². The highest BCUT2D eigenvalue weighted by Crippen LogP contribution is 2.22. The lowest BCUT2D eigenvalue weighted by Gasteiger charge is -2.08. The van der Waals surface area contributed by atoms with Crippen molar-refractivity contribution in [1.29, 1.82) is 0 Å². The normalized spacial score (nSPS) is 11.2. The second-order valence-electron chi connectivity index (χ2n) is 3.14. The Morgan fingerprint density at radius 3 is 2.65 bits per heavy atom. The highest BCUT2D eigenvalue weighted by atomic mass is 35.5. The third-order valence-corrected chi connectivity index (χ3v) is 4.00. The Balaban J connectivity index is 3.29. The van der Waals surface area contributed by atoms with E-state index in [0.29, 0.717) is 0 Å². The van der Waals surface area contributed by atoms with E-state index in [0.717, 1.165) is 0 Å². The Kier molecular flexibility index (Phi) is 4.50. The molecule has 1 aromatic rings. The molecule has 0 aliphatic rings. The summed E-state index contributed by atoms with van der Waals surface area (Å²) in [6, 6.07) is 3.93. The minimum absolute atomic E-state index is 0.0543. The molecule has 0 fully saturated rings. The van der Waals surface area contributed by atoms with Crippen LogP contribution in [0, 0.1) is 0 Å². The standard InChI is InChI=1S/C10H12ClNO4S/c1-3-12-17(14,15)9-6-7(10(13)16-2)4-5-8(9)11/h4-6,12H,3H2,1-2H3. The van der Waals surface area contributed by atoms with Crippen molar-refractivity contribution in [2.45, 2.75) is 11.8 Å². The molecule has 1 rings (SSSR count). The van der Waals surface area contributed by atoms with Gasteiger partial charge in [0.1, 0.15) is 4.90 Å². The van der Waals surface area contributed by atoms with Gasteiger partial charge in [-0.2, -0.15) is 0 Å². The zero-order valence-corrected chi connectivity index (χ0v) is 10.9. The van der Waals surface area contributed by atoms with Gasteiger partial charge in [0, 0.05) is 6.54 Å². The summed E-state index contributed by atoms with van der Waals surface area (Å²) in [4.78, 5) is 11.1. The van der Waals surface area contributed by atoms with Gasteiger partial charge in [-0.15, -0.1) is 0 Å². The fraction of sp³-hybridized carbons (Fsp3) is 0.300. The van der Waals surface area contributed by atoms with Crippen LogP contribution in [0.3, 0.4) is 0 Å². The van der Waals surface area contributed by atoms with Crippen molar-refractivity contribution in [3.8, 4) is 0 Å². The summed E-state index contributed by atoms with van der Waals surface area (Å²) in [5.41, 5.74) is 0.133. The fourth-order valence-electron chi connectivity index (χ4n) is 1.22. The molecule has 1 aromatic carbocycles. The predicted octanol–water partition coefficient (Wildman–Crippen LogP) is 1.42. The molecule has 0 bridgehead atoms. The summed E-state index contributed by atoms with van der Waals surface area (Å²) in [6.45, 7) is 1.89. The Labute approximate surface area is 105 Å². The molecule has 5 nitrogen and oxygen atoms in total. The van der Waals surface area contributed by atoms with Gasteiger partial charge in [0.25, 0.3) is 0 Å². The Bertz CT molecular complexity index is 527. The lowest BCUT2D eigenvalue weighted by atomic mass is 10.2. The van der Waals surface area contributed by atoms with Crippen molar-refractivity contribution in [1.82, 2.24) is 4.72 Å². The number of hydrogen-bond donors (Lipinski definition) is 1. The van der Waals surface area contributed by atoms with Crippen LogP contribution in [0.4, 0.5) is 0 Å². The molecule has 1 N–H and O–H groups in total. The number of sulfonamides is 1. The van der Waals surface area contributed by atoms with Crippen LogP contribution >= 0.6 is 11.6 Å². The summed E-state index contributed by atoms with van der Waals surface area (Å²) < 4.78 is 30.3. The fourth-order valence-corrected chi connectivity index (χ4v) is 2.79. The molecule has 0 unspecified atom stereocenters. The molecule has 17 heavy (non-hydrogen) atoms. The van der Waals surface area contributed by atoms with Gasteiger partial charge in [-0.3, -0.25) is 0 Å². The number of rotatable bonds is 4. The van der Waals surface area contributed by atoms with Crippen molar-refractivity contribution in [2.24, 2.45) is 0 Å². The average molecular weight is 278 g/mol. The Morgan fingerprint density at radius 1 is 1.47 bits per heavy atom. The number of halogens is 1. The quantitative estimate of drug-likeness (QED) is 0.845. The summed E-state index contributed by atoms with van der Waals surface area (Å²) in [5, 5.41) is 0.0543. The van der Waals surface area contributed by atoms with Crippen molar-refractivity contribution < 1.29 is 17.9 Å². The van der Waals surface area contributed by atoms with E-state index in [4.69, 9.17) is 11.6 Å². The molecule has 0 amide bonds. The second-order valence-corrected chi connectivity index (χ2v) is 5.28. The number of carbonyl (C=O) groups is 1. The summed E-state index contributed by atoms with van der Waals surface area (Å²) in [6.07, 6.45) is 0. The number of hydrogen-bond acceptors (Lipinski definition) is 4. The van der Waals surface area contributed by atoms with Gasteiger partial charge >= 0.3 is 5.97 Å². The number of benzene rings is 1. The molecule has 0 heterocycles.